The van der Waals surface area contributed by atoms with E-state index in [1.807, 2.05) is 25.1 Å². The van der Waals surface area contributed by atoms with Gasteiger partial charge in [-0.3, -0.25) is 9.89 Å². The average molecular weight is 254 g/mol. The van der Waals surface area contributed by atoms with E-state index in [0.717, 1.165) is 41.1 Å². The summed E-state index contributed by atoms with van der Waals surface area (Å²) >= 11 is 0. The Bertz CT molecular complexity index is 754. The molecule has 0 unspecified atom stereocenters. The molecule has 19 heavy (non-hydrogen) atoms. The van der Waals surface area contributed by atoms with Gasteiger partial charge in [-0.1, -0.05) is 0 Å². The van der Waals surface area contributed by atoms with Gasteiger partial charge in [0.05, 0.1) is 11.0 Å². The van der Waals surface area contributed by atoms with E-state index in [-0.39, 0.29) is 0 Å². The van der Waals surface area contributed by atoms with Crippen LogP contribution in [0.5, 0.6) is 0 Å². The minimum Gasteiger partial charge on any atom is -0.323 e. The third kappa shape index (κ3) is 1.83. The van der Waals surface area contributed by atoms with Gasteiger partial charge in [0, 0.05) is 17.8 Å². The number of benzene rings is 1. The van der Waals surface area contributed by atoms with E-state index < -0.39 is 0 Å². The van der Waals surface area contributed by atoms with Crippen molar-refractivity contribution in [2.75, 3.05) is 0 Å². The highest BCUT2D eigenvalue weighted by Gasteiger charge is 2.13. The zero-order valence-corrected chi connectivity index (χ0v) is 10.8. The summed E-state index contributed by atoms with van der Waals surface area (Å²) in [6.07, 6.45) is 0.836. The number of hydrogen-bond acceptors (Lipinski definition) is 3. The normalized spacial score (nSPS) is 11.1. The molecule has 96 valence electrons. The number of H-pyrrole nitrogens is 1. The maximum absolute atomic E-state index is 10.8. The van der Waals surface area contributed by atoms with Gasteiger partial charge in [-0.25, -0.2) is 4.98 Å². The van der Waals surface area contributed by atoms with E-state index in [4.69, 9.17) is 0 Å². The molecule has 0 fully saturated rings. The zero-order valence-electron chi connectivity index (χ0n) is 10.8. The summed E-state index contributed by atoms with van der Waals surface area (Å²) in [5.74, 6) is 0.824. The second-order valence-corrected chi connectivity index (χ2v) is 4.48. The van der Waals surface area contributed by atoms with Crippen molar-refractivity contribution >= 4 is 17.3 Å². The molecule has 5 nitrogen and oxygen atoms in total. The van der Waals surface area contributed by atoms with Gasteiger partial charge < -0.3 is 4.57 Å². The minimum atomic E-state index is 0.637. The molecule has 0 spiro atoms. The number of aromatic amines is 1. The topological polar surface area (TPSA) is 63.6 Å². The lowest BCUT2D eigenvalue weighted by molar-refractivity contribution is 0.112. The smallest absolute Gasteiger partial charge is 0.161 e. The van der Waals surface area contributed by atoms with Crippen molar-refractivity contribution in [3.8, 4) is 11.5 Å². The molecule has 0 aliphatic heterocycles. The van der Waals surface area contributed by atoms with Gasteiger partial charge in [0.2, 0.25) is 0 Å². The Kier molecular flexibility index (Phi) is 2.67. The van der Waals surface area contributed by atoms with Gasteiger partial charge >= 0.3 is 0 Å². The molecule has 0 radical (unpaired) electrons. The van der Waals surface area contributed by atoms with Crippen molar-refractivity contribution in [2.45, 2.75) is 20.4 Å². The standard InChI is InChI=1S/C14H14N4O/c1-3-18-13-5-4-10(8-19)7-11(13)15-14(18)12-6-9(2)16-17-12/h4-8H,3H2,1-2H3,(H,16,17). The Morgan fingerprint density at radius 2 is 2.21 bits per heavy atom. The quantitative estimate of drug-likeness (QED) is 0.730. The Balaban J connectivity index is 2.26. The number of aryl methyl sites for hydroxylation is 2. The van der Waals surface area contributed by atoms with Crippen LogP contribution in [0.3, 0.4) is 0 Å². The van der Waals surface area contributed by atoms with E-state index >= 15 is 0 Å². The number of nitrogens with zero attached hydrogens (tertiary/aromatic N) is 3. The first-order valence-electron chi connectivity index (χ1n) is 6.20. The largest absolute Gasteiger partial charge is 0.323 e. The molecule has 0 amide bonds. The average Bonchev–Trinajstić information content (AvgIpc) is 3.00. The lowest BCUT2D eigenvalue weighted by atomic mass is 10.2. The van der Waals surface area contributed by atoms with Crippen molar-refractivity contribution < 1.29 is 4.79 Å². The molecule has 0 saturated heterocycles. The van der Waals surface area contributed by atoms with Crippen LogP contribution in [0, 0.1) is 6.92 Å². The number of rotatable bonds is 3. The first-order chi connectivity index (χ1) is 9.22. The van der Waals surface area contributed by atoms with Crippen LogP contribution in [0.4, 0.5) is 0 Å². The highest BCUT2D eigenvalue weighted by Crippen LogP contribution is 2.24. The van der Waals surface area contributed by atoms with Crippen LogP contribution in [-0.4, -0.2) is 26.0 Å². The van der Waals surface area contributed by atoms with Crippen LogP contribution in [0.15, 0.2) is 24.3 Å². The predicted octanol–water partition coefficient (Wildman–Crippen LogP) is 2.57. The lowest BCUT2D eigenvalue weighted by Gasteiger charge is -2.03. The molecule has 0 bridgehead atoms. The van der Waals surface area contributed by atoms with Crippen LogP contribution in [0.1, 0.15) is 23.0 Å². The number of imidazole rings is 1. The second-order valence-electron chi connectivity index (χ2n) is 4.48. The van der Waals surface area contributed by atoms with E-state index in [1.54, 1.807) is 6.07 Å². The van der Waals surface area contributed by atoms with Gasteiger partial charge in [-0.05, 0) is 38.1 Å². The fourth-order valence-corrected chi connectivity index (χ4v) is 2.27. The Morgan fingerprint density at radius 1 is 1.37 bits per heavy atom. The van der Waals surface area contributed by atoms with Crippen molar-refractivity contribution in [3.63, 3.8) is 0 Å². The summed E-state index contributed by atoms with van der Waals surface area (Å²) in [5, 5.41) is 7.18. The van der Waals surface area contributed by atoms with Gasteiger partial charge in [0.25, 0.3) is 0 Å². The number of aldehydes is 1. The number of carbonyl (C=O) groups is 1. The Labute approximate surface area is 110 Å². The second kappa shape index (κ2) is 4.35. The van der Waals surface area contributed by atoms with E-state index in [9.17, 15) is 4.79 Å². The molecule has 0 aliphatic rings. The molecule has 0 atom stereocenters. The monoisotopic (exact) mass is 254 g/mol. The number of fused-ring (bicyclic) bond motifs is 1. The molecule has 2 aromatic heterocycles. The van der Waals surface area contributed by atoms with E-state index in [1.165, 1.54) is 0 Å². The first kappa shape index (κ1) is 11.6. The van der Waals surface area contributed by atoms with Crippen LogP contribution in [0.25, 0.3) is 22.6 Å². The molecule has 1 N–H and O–H groups in total. The molecule has 3 rings (SSSR count). The fourth-order valence-electron chi connectivity index (χ4n) is 2.27. The van der Waals surface area contributed by atoms with E-state index in [2.05, 4.69) is 26.7 Å². The van der Waals surface area contributed by atoms with Crippen molar-refractivity contribution in [1.29, 1.82) is 0 Å². The minimum absolute atomic E-state index is 0.637. The summed E-state index contributed by atoms with van der Waals surface area (Å²) in [4.78, 5) is 15.4. The molecular weight excluding hydrogens is 240 g/mol. The molecular formula is C14H14N4O. The third-order valence-corrected chi connectivity index (χ3v) is 3.16. The molecule has 1 aromatic carbocycles. The summed E-state index contributed by atoms with van der Waals surface area (Å²) < 4.78 is 2.10. The van der Waals surface area contributed by atoms with Gasteiger partial charge in [0.1, 0.15) is 12.0 Å². The van der Waals surface area contributed by atoms with Crippen LogP contribution >= 0.6 is 0 Å². The summed E-state index contributed by atoms with van der Waals surface area (Å²) in [5.41, 5.74) is 4.30. The molecule has 0 aliphatic carbocycles. The SMILES string of the molecule is CCn1c(-c2cc(C)[nH]n2)nc2cc(C=O)ccc21. The molecule has 3 aromatic rings. The highest BCUT2D eigenvalue weighted by atomic mass is 16.1. The summed E-state index contributed by atoms with van der Waals surface area (Å²) in [6.45, 7) is 4.83. The molecule has 5 heteroatoms. The van der Waals surface area contributed by atoms with Crippen LogP contribution < -0.4 is 0 Å². The third-order valence-electron chi connectivity index (χ3n) is 3.16. The predicted molar refractivity (Wildman–Crippen MR) is 73.1 cm³/mol. The Morgan fingerprint density at radius 3 is 2.84 bits per heavy atom. The van der Waals surface area contributed by atoms with Crippen LogP contribution in [-0.2, 0) is 6.54 Å². The van der Waals surface area contributed by atoms with Crippen molar-refractivity contribution in [2.24, 2.45) is 0 Å². The van der Waals surface area contributed by atoms with Gasteiger partial charge in [-0.15, -0.1) is 0 Å². The number of nitrogens with one attached hydrogen (secondary N) is 1. The number of hydrogen-bond donors (Lipinski definition) is 1. The highest BCUT2D eigenvalue weighted by molar-refractivity contribution is 5.87. The summed E-state index contributed by atoms with van der Waals surface area (Å²) in [6, 6.07) is 7.51. The fraction of sp³-hybridized carbons (Fsp3) is 0.214. The number of carbonyl (C=O) groups excluding carboxylic acids is 1. The Hall–Kier alpha value is -2.43. The maximum atomic E-state index is 10.8. The summed E-state index contributed by atoms with van der Waals surface area (Å²) in [7, 11) is 0. The van der Waals surface area contributed by atoms with Crippen molar-refractivity contribution in [1.82, 2.24) is 19.7 Å². The maximum Gasteiger partial charge on any atom is 0.161 e. The molecule has 0 saturated carbocycles. The number of aromatic nitrogens is 4. The first-order valence-corrected chi connectivity index (χ1v) is 6.20. The molecule has 2 heterocycles. The van der Waals surface area contributed by atoms with E-state index in [0.29, 0.717) is 5.56 Å². The zero-order chi connectivity index (χ0) is 13.4. The lowest BCUT2D eigenvalue weighted by Crippen LogP contribution is -1.97. The van der Waals surface area contributed by atoms with Crippen LogP contribution in [0.2, 0.25) is 0 Å². The van der Waals surface area contributed by atoms with Crippen molar-refractivity contribution in [3.05, 3.63) is 35.5 Å². The van der Waals surface area contributed by atoms with Gasteiger partial charge in [0.15, 0.2) is 5.82 Å². The van der Waals surface area contributed by atoms with Gasteiger partial charge in [-0.2, -0.15) is 5.10 Å².